The van der Waals surface area contributed by atoms with E-state index in [9.17, 15) is 70.3 Å². The smallest absolute Gasteiger partial charge is 0.480 e. The summed E-state index contributed by atoms with van der Waals surface area (Å²) in [7, 11) is -0.959. The van der Waals surface area contributed by atoms with Crippen LogP contribution in [0.15, 0.2) is 102 Å². The molecule has 3 aliphatic rings. The first kappa shape index (κ1) is 66.9. The lowest BCUT2D eigenvalue weighted by atomic mass is 9.98. The van der Waals surface area contributed by atoms with Crippen molar-refractivity contribution in [2.24, 2.45) is 5.92 Å². The van der Waals surface area contributed by atoms with Crippen LogP contribution in [0.4, 0.5) is 23.7 Å². The van der Waals surface area contributed by atoms with Gasteiger partial charge in [0.2, 0.25) is 35.4 Å². The molecule has 2 fully saturated rings. The number of hydrogen-bond donors (Lipinski definition) is 6. The van der Waals surface area contributed by atoms with Gasteiger partial charge in [-0.05, 0) is 84.1 Å². The van der Waals surface area contributed by atoms with E-state index in [0.29, 0.717) is 50.5 Å². The molecule has 5 atom stereocenters. The molecule has 6 heterocycles. The third kappa shape index (κ3) is 16.7. The van der Waals surface area contributed by atoms with Crippen LogP contribution < -0.4 is 30.7 Å². The van der Waals surface area contributed by atoms with E-state index >= 15 is 0 Å². The molecule has 3 aromatic carbocycles. The quantitative estimate of drug-likeness (QED) is 0.0207. The number of anilines is 1. The van der Waals surface area contributed by atoms with Gasteiger partial charge in [0.05, 0.1) is 30.9 Å². The van der Waals surface area contributed by atoms with Crippen LogP contribution in [0.25, 0.3) is 33.2 Å². The lowest BCUT2D eigenvalue weighted by Crippen LogP contribution is -2.46. The molecule has 9 rings (SSSR count). The molecule has 31 heteroatoms. The van der Waals surface area contributed by atoms with Crippen molar-refractivity contribution in [3.8, 4) is 34.2 Å². The van der Waals surface area contributed by atoms with E-state index in [1.807, 2.05) is 12.1 Å². The minimum atomic E-state index is -4.53. The number of carboxylic acid groups (broad SMARTS) is 1. The molecule has 92 heavy (non-hydrogen) atoms. The second kappa shape index (κ2) is 29.6. The van der Waals surface area contributed by atoms with E-state index in [0.717, 1.165) is 39.0 Å². The molecule has 3 aromatic heterocycles. The number of aromatic nitrogens is 3. The van der Waals surface area contributed by atoms with Gasteiger partial charge in [0, 0.05) is 116 Å². The number of amides is 6. The number of sulfonamides is 1. The number of halogens is 3. The Kier molecular flexibility index (Phi) is 21.5. The average Bonchev–Trinajstić information content (AvgIpc) is 1.15. The van der Waals surface area contributed by atoms with E-state index in [-0.39, 0.29) is 107 Å². The second-order valence-corrected chi connectivity index (χ2v) is 26.0. The maximum absolute atomic E-state index is 14.7. The number of methoxy groups -OCH3 is 1. The van der Waals surface area contributed by atoms with Gasteiger partial charge in [0.1, 0.15) is 59.2 Å². The Labute approximate surface area is 532 Å². The van der Waals surface area contributed by atoms with E-state index in [1.165, 1.54) is 42.0 Å². The van der Waals surface area contributed by atoms with E-state index in [4.69, 9.17) is 14.2 Å². The van der Waals surface area contributed by atoms with Gasteiger partial charge in [0.25, 0.3) is 15.9 Å². The molecule has 0 bridgehead atoms. The molecule has 6 amide bonds. The maximum Gasteiger partial charge on any atom is 0.508 e. The van der Waals surface area contributed by atoms with Crippen molar-refractivity contribution in [3.05, 3.63) is 131 Å². The lowest BCUT2D eigenvalue weighted by Gasteiger charge is -2.23. The summed E-state index contributed by atoms with van der Waals surface area (Å²) >= 11 is 0. The molecule has 6 aromatic rings. The second-order valence-electron chi connectivity index (χ2n) is 21.8. The van der Waals surface area contributed by atoms with Crippen molar-refractivity contribution in [3.63, 3.8) is 0 Å². The maximum atomic E-state index is 14.7. The van der Waals surface area contributed by atoms with Crippen molar-refractivity contribution < 1.29 is 79.3 Å². The summed E-state index contributed by atoms with van der Waals surface area (Å²) in [6.07, 6.45) is 2.76. The summed E-state index contributed by atoms with van der Waals surface area (Å²) in [5, 5.41) is 30.2. The molecule has 25 nitrogen and oxygen atoms in total. The van der Waals surface area contributed by atoms with Crippen LogP contribution in [0.5, 0.6) is 5.88 Å². The molecule has 0 aliphatic carbocycles. The van der Waals surface area contributed by atoms with E-state index < -0.39 is 97.9 Å². The normalized spacial score (nSPS) is 17.8. The third-order valence-corrected chi connectivity index (χ3v) is 18.9. The number of likely N-dealkylation sites (tertiary alicyclic amines) is 1. The minimum Gasteiger partial charge on any atom is -0.480 e. The monoisotopic (exact) mass is 1320 g/mol. The summed E-state index contributed by atoms with van der Waals surface area (Å²) in [6.45, 7) is 0.997. The molecular weight excluding hydrogens is 1260 g/mol. The highest BCUT2D eigenvalue weighted by Crippen LogP contribution is 2.37. The Bertz CT molecular complexity index is 4010. The Morgan fingerprint density at radius 1 is 0.902 bits per heavy atom. The average molecular weight is 1320 g/mol. The van der Waals surface area contributed by atoms with Crippen molar-refractivity contribution >= 4 is 95.8 Å². The highest BCUT2D eigenvalue weighted by molar-refractivity contribution is 8.76. The van der Waals surface area contributed by atoms with Gasteiger partial charge in [-0.2, -0.15) is 5.26 Å². The Balaban J connectivity index is 0.642. The number of carboxylic acids is 1. The van der Waals surface area contributed by atoms with Crippen molar-refractivity contribution in [1.29, 1.82) is 5.26 Å². The van der Waals surface area contributed by atoms with Gasteiger partial charge >= 0.3 is 12.1 Å². The van der Waals surface area contributed by atoms with Gasteiger partial charge in [-0.25, -0.2) is 36.2 Å². The first-order valence-electron chi connectivity index (χ1n) is 28.5. The number of rotatable bonds is 26. The number of carbonyl (C=O) groups is 8. The summed E-state index contributed by atoms with van der Waals surface area (Å²) < 4.78 is 86.9. The summed E-state index contributed by atoms with van der Waals surface area (Å²) in [5.74, 6) is -7.39. The van der Waals surface area contributed by atoms with Crippen LogP contribution in [0.1, 0.15) is 66.2 Å². The number of pyridine rings is 3. The predicted molar refractivity (Wildman–Crippen MR) is 328 cm³/mol. The molecule has 482 valence electrons. The molecule has 0 saturated carbocycles. The van der Waals surface area contributed by atoms with Gasteiger partial charge in [-0.3, -0.25) is 43.5 Å². The van der Waals surface area contributed by atoms with Crippen LogP contribution >= 0.6 is 21.6 Å². The number of nitrogens with zero attached hydrogens (tertiary/aromatic N) is 6. The summed E-state index contributed by atoms with van der Waals surface area (Å²) in [5.41, 5.74) is 3.30. The summed E-state index contributed by atoms with van der Waals surface area (Å²) in [4.78, 5) is 117. The molecule has 2 saturated heterocycles. The van der Waals surface area contributed by atoms with E-state index in [2.05, 4.69) is 40.9 Å². The molecule has 0 spiro atoms. The third-order valence-electron chi connectivity index (χ3n) is 15.1. The fraction of sp³-hybridized carbons (Fsp3) is 0.344. The Morgan fingerprint density at radius 2 is 1.67 bits per heavy atom. The molecule has 6 N–H and O–H groups in total. The van der Waals surface area contributed by atoms with Crippen molar-refractivity contribution in [2.45, 2.75) is 87.4 Å². The number of nitriles is 1. The molecule has 3 aliphatic heterocycles. The van der Waals surface area contributed by atoms with Gasteiger partial charge < -0.3 is 50.4 Å². The van der Waals surface area contributed by atoms with Crippen LogP contribution in [-0.2, 0) is 68.0 Å². The highest BCUT2D eigenvalue weighted by atomic mass is 33.1. The number of fused-ring (bicyclic) bond motifs is 2. The Hall–Kier alpha value is -9.54. The first-order chi connectivity index (χ1) is 44.0. The fourth-order valence-electron chi connectivity index (χ4n) is 10.5. The first-order valence-corrected chi connectivity index (χ1v) is 32.5. The lowest BCUT2D eigenvalue weighted by molar-refractivity contribution is -0.141. The molecule has 0 radical (unpaired) electrons. The number of benzene rings is 3. The molecular formula is C61H60F3N11O14S3. The van der Waals surface area contributed by atoms with E-state index in [1.54, 1.807) is 60.9 Å². The predicted octanol–water partition coefficient (Wildman–Crippen LogP) is 5.97. The Morgan fingerprint density at radius 3 is 2.42 bits per heavy atom. The van der Waals surface area contributed by atoms with Gasteiger partial charge in [0.15, 0.2) is 0 Å². The number of aliphatic carboxylic acids is 1. The fourth-order valence-corrected chi connectivity index (χ4v) is 13.6. The zero-order valence-corrected chi connectivity index (χ0v) is 51.7. The zero-order chi connectivity index (χ0) is 65.9. The number of carbonyl (C=O) groups excluding carboxylic acids is 7. The van der Waals surface area contributed by atoms with Gasteiger partial charge in [-0.15, -0.1) is 0 Å². The highest BCUT2D eigenvalue weighted by Gasteiger charge is 2.48. The number of alkyl halides is 1. The number of hydrogen-bond acceptors (Lipinski definition) is 19. The SMILES string of the molecule is COc1ncc(-c2ccc3nccc(-c4ccc(COC(=O)OCCSSCC(NC(=O)CCC(=O)NCCNC(=O)c5cccc6c5CN(C(=O)C[C@@H]5C[C@@H](C(=O)N7CC(C)(F)C[C@H]7C#N)NC5=O)C6)C(=O)O)nc4)c3c2)cc1NS(=O)(=O)c1ccc(F)cc1F. The van der Waals surface area contributed by atoms with Crippen LogP contribution in [-0.4, -0.2) is 154 Å². The zero-order valence-electron chi connectivity index (χ0n) is 49.2. The minimum absolute atomic E-state index is 0.000851. The van der Waals surface area contributed by atoms with Crippen LogP contribution in [0, 0.1) is 28.9 Å². The van der Waals surface area contributed by atoms with Crippen LogP contribution in [0.3, 0.4) is 0 Å². The van der Waals surface area contributed by atoms with Crippen molar-refractivity contribution in [2.75, 3.05) is 49.6 Å². The number of nitrogens with one attached hydrogen (secondary N) is 5. The summed E-state index contributed by atoms with van der Waals surface area (Å²) in [6, 6.07) is 17.8. The molecule has 2 unspecified atom stereocenters. The standard InChI is InChI=1S/C61H60F3N11O14S3/c1-61(64)25-41(26-65)75(33-61)58(81)49-21-37(55(79)72-49)23-54(78)74-29-36-4-3-5-43(45(36)30-74)56(80)68-17-16-67-52(76)12-13-53(77)71-50(59(82)83)32-91-90-19-18-88-60(84)89-31-40-9-6-35(27-69-40)42-14-15-66-47-10-7-34(20-44(42)47)38-22-48(57(87-2)70-28-38)73-92(85,86)51-11-8-39(62)24-46(51)63/h3-11,14-15,20,22,24,27-28,37,41,49-50,73H,12-13,16-19,21,23,25,29-33H2,1-2H3,(H,67,76)(H,68,80)(H,71,77)(H,72,79)(H,82,83)/t37-,41-,49-,50?,61?/m0/s1. The van der Waals surface area contributed by atoms with Crippen molar-refractivity contribution in [1.82, 2.24) is 46.0 Å². The topological polar surface area (TPSA) is 348 Å². The van der Waals surface area contributed by atoms with Gasteiger partial charge in [-0.1, -0.05) is 45.9 Å². The van der Waals surface area contributed by atoms with Crippen LogP contribution in [0.2, 0.25) is 0 Å². The number of ether oxygens (including phenoxy) is 3. The largest absolute Gasteiger partial charge is 0.508 e.